The van der Waals surface area contributed by atoms with E-state index in [4.69, 9.17) is 9.47 Å². The lowest BCUT2D eigenvalue weighted by atomic mass is 9.90. The van der Waals surface area contributed by atoms with E-state index in [1.807, 2.05) is 6.07 Å². The summed E-state index contributed by atoms with van der Waals surface area (Å²) in [5.41, 5.74) is -0.426. The zero-order valence-corrected chi connectivity index (χ0v) is 15.6. The van der Waals surface area contributed by atoms with Gasteiger partial charge in [0.05, 0.1) is 18.8 Å². The number of urea groups is 1. The number of amides is 2. The predicted octanol–water partition coefficient (Wildman–Crippen LogP) is 4.51. The average molecular weight is 425 g/mol. The van der Waals surface area contributed by atoms with Gasteiger partial charge < -0.3 is 14.8 Å². The molecule has 0 radical (unpaired) electrons. The molecule has 1 N–H and O–H groups in total. The van der Waals surface area contributed by atoms with Crippen LogP contribution in [0.2, 0.25) is 0 Å². The number of hydrogen-bond donors (Lipinski definition) is 1. The Kier molecular flexibility index (Phi) is 3.83. The number of rotatable bonds is 2. The van der Waals surface area contributed by atoms with Gasteiger partial charge in [0.2, 0.25) is 0 Å². The van der Waals surface area contributed by atoms with E-state index in [0.717, 1.165) is 22.2 Å². The molecule has 2 aliphatic rings. The first-order chi connectivity index (χ1) is 12.3. The first kappa shape index (κ1) is 17.1. The third-order valence-corrected chi connectivity index (χ3v) is 5.13. The Morgan fingerprint density at radius 1 is 1.35 bits per heavy atom. The number of hydrogen-bond acceptors (Lipinski definition) is 3. The van der Waals surface area contributed by atoms with Gasteiger partial charge in [-0.05, 0) is 31.2 Å². The van der Waals surface area contributed by atoms with Gasteiger partial charge in [0, 0.05) is 22.5 Å². The number of nitrogens with zero attached hydrogens (tertiary/aromatic N) is 1. The molecule has 0 aliphatic carbocycles. The Morgan fingerprint density at radius 3 is 2.81 bits per heavy atom. The fraction of sp³-hybridized carbons (Fsp3) is 0.278. The Balaban J connectivity index is 1.85. The monoisotopic (exact) mass is 424 g/mol. The third-order valence-electron chi connectivity index (χ3n) is 4.67. The fourth-order valence-electron chi connectivity index (χ4n) is 3.58. The number of anilines is 1. The summed E-state index contributed by atoms with van der Waals surface area (Å²) in [5, 5.41) is 2.87. The van der Waals surface area contributed by atoms with Crippen molar-refractivity contribution in [3.63, 3.8) is 0 Å². The van der Waals surface area contributed by atoms with Crippen LogP contribution >= 0.6 is 15.9 Å². The summed E-state index contributed by atoms with van der Waals surface area (Å²) in [6.45, 7) is 1.70. The lowest BCUT2D eigenvalue weighted by Gasteiger charge is -2.50. The molecule has 2 amide bonds. The molecule has 1 fully saturated rings. The lowest BCUT2D eigenvalue weighted by molar-refractivity contribution is 0.0343. The number of nitrogens with one attached hydrogen (secondary N) is 1. The highest BCUT2D eigenvalue weighted by Crippen LogP contribution is 2.50. The number of ether oxygens (including phenoxy) is 2. The Labute approximate surface area is 157 Å². The van der Waals surface area contributed by atoms with Crippen LogP contribution in [-0.4, -0.2) is 18.9 Å². The van der Waals surface area contributed by atoms with Crippen LogP contribution in [0, 0.1) is 11.6 Å². The van der Waals surface area contributed by atoms with Crippen LogP contribution < -0.4 is 19.7 Å². The first-order valence-electron chi connectivity index (χ1n) is 7.94. The van der Waals surface area contributed by atoms with Crippen LogP contribution in [0.3, 0.4) is 0 Å². The molecule has 0 aromatic heterocycles. The van der Waals surface area contributed by atoms with Gasteiger partial charge in [-0.3, -0.25) is 4.90 Å². The summed E-state index contributed by atoms with van der Waals surface area (Å²) in [7, 11) is 1.52. The van der Waals surface area contributed by atoms with Gasteiger partial charge in [-0.15, -0.1) is 0 Å². The molecule has 4 rings (SSSR count). The van der Waals surface area contributed by atoms with E-state index in [9.17, 15) is 13.6 Å². The van der Waals surface area contributed by atoms with Crippen molar-refractivity contribution < 1.29 is 23.0 Å². The number of carbonyl (C=O) groups excluding carboxylic acids is 1. The van der Waals surface area contributed by atoms with E-state index in [2.05, 4.69) is 21.2 Å². The molecule has 136 valence electrons. The summed E-state index contributed by atoms with van der Waals surface area (Å²) < 4.78 is 40.0. The molecule has 5 nitrogen and oxygen atoms in total. The van der Waals surface area contributed by atoms with Crippen molar-refractivity contribution in [3.8, 4) is 11.5 Å². The van der Waals surface area contributed by atoms with Gasteiger partial charge in [-0.2, -0.15) is 0 Å². The Hall–Kier alpha value is -2.35. The zero-order chi connectivity index (χ0) is 18.6. The molecule has 2 aromatic carbocycles. The van der Waals surface area contributed by atoms with Gasteiger partial charge >= 0.3 is 6.03 Å². The lowest BCUT2D eigenvalue weighted by Crippen LogP contribution is -2.65. The normalized spacial score (nSPS) is 23.8. The van der Waals surface area contributed by atoms with Crippen molar-refractivity contribution in [2.45, 2.75) is 25.1 Å². The summed E-state index contributed by atoms with van der Waals surface area (Å²) in [4.78, 5) is 13.9. The average Bonchev–Trinajstić information content (AvgIpc) is 2.56. The van der Waals surface area contributed by atoms with Gasteiger partial charge in [-0.1, -0.05) is 15.9 Å². The summed E-state index contributed by atoms with van der Waals surface area (Å²) in [6, 6.07) is 5.86. The predicted molar refractivity (Wildman–Crippen MR) is 94.5 cm³/mol. The molecule has 0 spiro atoms. The second-order valence-electron chi connectivity index (χ2n) is 6.44. The zero-order valence-electron chi connectivity index (χ0n) is 14.0. The summed E-state index contributed by atoms with van der Waals surface area (Å²) >= 11 is 3.42. The van der Waals surface area contributed by atoms with E-state index >= 15 is 0 Å². The van der Waals surface area contributed by atoms with Crippen molar-refractivity contribution in [2.75, 3.05) is 12.0 Å². The minimum Gasteiger partial charge on any atom is -0.493 e. The second-order valence-corrected chi connectivity index (χ2v) is 7.36. The molecule has 0 saturated carbocycles. The molecular formula is C18H15BrF2N2O3. The van der Waals surface area contributed by atoms with Gasteiger partial charge in [0.25, 0.3) is 0 Å². The SMILES string of the molecule is COc1cc(Br)cc2c1O[C@@]1(C)C[C@H]2NC(=O)N1c1ccc(F)cc1F. The van der Waals surface area contributed by atoms with E-state index in [0.29, 0.717) is 17.9 Å². The van der Waals surface area contributed by atoms with Crippen LogP contribution in [0.25, 0.3) is 0 Å². The van der Waals surface area contributed by atoms with E-state index in [-0.39, 0.29) is 11.7 Å². The first-order valence-corrected chi connectivity index (χ1v) is 8.74. The summed E-state index contributed by atoms with van der Waals surface area (Å²) in [6.07, 6.45) is 0.391. The number of methoxy groups -OCH3 is 1. The molecule has 2 atom stereocenters. The fourth-order valence-corrected chi connectivity index (χ4v) is 4.03. The second kappa shape index (κ2) is 5.84. The molecule has 2 bridgehead atoms. The summed E-state index contributed by atoms with van der Waals surface area (Å²) in [5.74, 6) is -0.562. The maximum absolute atomic E-state index is 14.3. The van der Waals surface area contributed by atoms with Gasteiger partial charge in [-0.25, -0.2) is 13.6 Å². The Morgan fingerprint density at radius 2 is 2.12 bits per heavy atom. The largest absolute Gasteiger partial charge is 0.493 e. The molecular weight excluding hydrogens is 410 g/mol. The Bertz CT molecular complexity index is 924. The van der Waals surface area contributed by atoms with E-state index < -0.39 is 23.4 Å². The van der Waals surface area contributed by atoms with Crippen LogP contribution in [-0.2, 0) is 0 Å². The van der Waals surface area contributed by atoms with E-state index in [1.165, 1.54) is 18.1 Å². The van der Waals surface area contributed by atoms with Crippen LogP contribution in [0.1, 0.15) is 24.9 Å². The van der Waals surface area contributed by atoms with Crippen molar-refractivity contribution in [1.29, 1.82) is 0 Å². The standard InChI is InChI=1S/C18H15BrF2N2O3/c1-18-8-13(11-5-9(19)6-15(25-2)16(11)26-18)22-17(24)23(18)14-4-3-10(20)7-12(14)21/h3-7,13H,8H2,1-2H3,(H,22,24)/t13-,18+/m1/s1. The quantitative estimate of drug-likeness (QED) is 0.771. The number of carbonyl (C=O) groups is 1. The maximum Gasteiger partial charge on any atom is 0.325 e. The van der Waals surface area contributed by atoms with Gasteiger partial charge in [0.1, 0.15) is 11.6 Å². The molecule has 0 unspecified atom stereocenters. The van der Waals surface area contributed by atoms with Crippen LogP contribution in [0.15, 0.2) is 34.8 Å². The molecule has 26 heavy (non-hydrogen) atoms. The minimum absolute atomic E-state index is 0.0515. The van der Waals surface area contributed by atoms with Crippen molar-refractivity contribution in [3.05, 3.63) is 52.0 Å². The highest BCUT2D eigenvalue weighted by atomic mass is 79.9. The minimum atomic E-state index is -1.15. The van der Waals surface area contributed by atoms with Crippen molar-refractivity contribution in [2.24, 2.45) is 0 Å². The highest BCUT2D eigenvalue weighted by molar-refractivity contribution is 9.10. The smallest absolute Gasteiger partial charge is 0.325 e. The third kappa shape index (κ3) is 2.51. The van der Waals surface area contributed by atoms with Crippen molar-refractivity contribution in [1.82, 2.24) is 5.32 Å². The maximum atomic E-state index is 14.3. The highest BCUT2D eigenvalue weighted by Gasteiger charge is 2.51. The number of fused-ring (bicyclic) bond motifs is 4. The molecule has 2 aliphatic heterocycles. The topological polar surface area (TPSA) is 50.8 Å². The molecule has 8 heteroatoms. The number of halogens is 3. The number of benzene rings is 2. The van der Waals surface area contributed by atoms with Crippen LogP contribution in [0.5, 0.6) is 11.5 Å². The molecule has 2 heterocycles. The van der Waals surface area contributed by atoms with Crippen molar-refractivity contribution >= 4 is 27.6 Å². The van der Waals surface area contributed by atoms with Gasteiger partial charge in [0.15, 0.2) is 17.2 Å². The molecule has 2 aromatic rings. The molecule has 1 saturated heterocycles. The van der Waals surface area contributed by atoms with Crippen LogP contribution in [0.4, 0.5) is 19.3 Å². The van der Waals surface area contributed by atoms with E-state index in [1.54, 1.807) is 13.0 Å².